The van der Waals surface area contributed by atoms with Gasteiger partial charge in [0.15, 0.2) is 16.7 Å². The number of allylic oxidation sites excluding steroid dienone is 1. The maximum atomic E-state index is 13.5. The molecular formula is C29H28N2O6S. The second-order valence-corrected chi connectivity index (χ2v) is 9.48. The summed E-state index contributed by atoms with van der Waals surface area (Å²) in [7, 11) is 0. The Bertz CT molecular complexity index is 1410. The van der Waals surface area contributed by atoms with Crippen molar-refractivity contribution in [2.45, 2.75) is 33.2 Å². The van der Waals surface area contributed by atoms with E-state index in [1.165, 1.54) is 11.0 Å². The molecule has 4 rings (SSSR count). The average Bonchev–Trinajstić information content (AvgIpc) is 3.43. The lowest BCUT2D eigenvalue weighted by molar-refractivity contribution is -0.117. The number of carbonyl (C=O) groups is 3. The van der Waals surface area contributed by atoms with Crippen LogP contribution in [0.5, 0.6) is 5.75 Å². The fourth-order valence-electron chi connectivity index (χ4n) is 4.06. The summed E-state index contributed by atoms with van der Waals surface area (Å²) in [5.41, 5.74) is 1.65. The molecule has 1 amide bonds. The molecule has 0 bridgehead atoms. The van der Waals surface area contributed by atoms with E-state index in [4.69, 9.17) is 9.47 Å². The number of hydrogen-bond donors (Lipinski definition) is 1. The molecule has 3 aromatic rings. The molecule has 8 nitrogen and oxygen atoms in total. The lowest BCUT2D eigenvalue weighted by Gasteiger charge is -2.24. The molecule has 0 spiro atoms. The highest BCUT2D eigenvalue weighted by molar-refractivity contribution is 7.17. The van der Waals surface area contributed by atoms with Crippen LogP contribution in [0, 0.1) is 6.92 Å². The smallest absolute Gasteiger partial charge is 0.350 e. The van der Waals surface area contributed by atoms with E-state index in [9.17, 15) is 19.5 Å². The van der Waals surface area contributed by atoms with Gasteiger partial charge in [0.2, 0.25) is 0 Å². The van der Waals surface area contributed by atoms with Crippen LogP contribution < -0.4 is 9.64 Å². The first-order chi connectivity index (χ1) is 18.3. The summed E-state index contributed by atoms with van der Waals surface area (Å²) in [4.78, 5) is 45.2. The number of hydrogen-bond acceptors (Lipinski definition) is 8. The molecule has 2 heterocycles. The van der Waals surface area contributed by atoms with Crippen LogP contribution in [0.4, 0.5) is 5.13 Å². The standard InChI is InChI=1S/C29H28N2O6S/c1-4-16-37-21-13-9-12-20(17-21)24-23(22(32)15-14-19-10-7-6-8-11-19)25(33)27(34)31(24)29-30-18(3)26(38-29)28(35)36-5-2/h6-15,17,24,33H,4-5,16H2,1-3H3/b15-14+. The average molecular weight is 533 g/mol. The lowest BCUT2D eigenvalue weighted by Crippen LogP contribution is -2.30. The van der Waals surface area contributed by atoms with Gasteiger partial charge in [-0.05, 0) is 49.6 Å². The van der Waals surface area contributed by atoms with E-state index in [-0.39, 0.29) is 22.2 Å². The van der Waals surface area contributed by atoms with Gasteiger partial charge in [-0.15, -0.1) is 0 Å². The summed E-state index contributed by atoms with van der Waals surface area (Å²) >= 11 is 0.972. The predicted octanol–water partition coefficient (Wildman–Crippen LogP) is 5.60. The normalized spacial score (nSPS) is 15.4. The Hall–Kier alpha value is -4.24. The molecule has 2 aromatic carbocycles. The Kier molecular flexibility index (Phi) is 8.38. The molecule has 0 radical (unpaired) electrons. The van der Waals surface area contributed by atoms with Gasteiger partial charge in [-0.2, -0.15) is 0 Å². The van der Waals surface area contributed by atoms with Gasteiger partial charge < -0.3 is 14.6 Å². The van der Waals surface area contributed by atoms with Crippen molar-refractivity contribution in [1.82, 2.24) is 4.98 Å². The fourth-order valence-corrected chi connectivity index (χ4v) is 5.05. The molecule has 1 aliphatic heterocycles. The maximum Gasteiger partial charge on any atom is 0.350 e. The minimum absolute atomic E-state index is 0.0830. The number of rotatable bonds is 10. The summed E-state index contributed by atoms with van der Waals surface area (Å²) in [6, 6.07) is 15.3. The molecule has 0 fully saturated rings. The van der Waals surface area contributed by atoms with E-state index in [0.717, 1.165) is 23.3 Å². The largest absolute Gasteiger partial charge is 0.503 e. The van der Waals surface area contributed by atoms with E-state index in [1.807, 2.05) is 37.3 Å². The van der Waals surface area contributed by atoms with E-state index in [0.29, 0.717) is 23.6 Å². The second kappa shape index (κ2) is 11.9. The number of thiazole rings is 1. The summed E-state index contributed by atoms with van der Waals surface area (Å²) in [5.74, 6) is -1.95. The monoisotopic (exact) mass is 532 g/mol. The van der Waals surface area contributed by atoms with Crippen molar-refractivity contribution >= 4 is 40.2 Å². The van der Waals surface area contributed by atoms with Gasteiger partial charge in [0.25, 0.3) is 5.91 Å². The quantitative estimate of drug-likeness (QED) is 0.268. The third-order valence-corrected chi connectivity index (χ3v) is 6.94. The van der Waals surface area contributed by atoms with Crippen molar-refractivity contribution in [1.29, 1.82) is 0 Å². The zero-order valence-electron chi connectivity index (χ0n) is 21.3. The van der Waals surface area contributed by atoms with E-state index >= 15 is 0 Å². The van der Waals surface area contributed by atoms with Gasteiger partial charge in [-0.1, -0.05) is 66.8 Å². The van der Waals surface area contributed by atoms with Crippen molar-refractivity contribution in [3.05, 3.63) is 93.7 Å². The zero-order valence-corrected chi connectivity index (χ0v) is 22.2. The first-order valence-corrected chi connectivity index (χ1v) is 13.1. The van der Waals surface area contributed by atoms with Crippen molar-refractivity contribution in [3.8, 4) is 5.75 Å². The van der Waals surface area contributed by atoms with Gasteiger partial charge in [-0.25, -0.2) is 9.78 Å². The number of aliphatic hydroxyl groups excluding tert-OH is 1. The van der Waals surface area contributed by atoms with Crippen LogP contribution in [-0.4, -0.2) is 41.0 Å². The number of ether oxygens (including phenoxy) is 2. The minimum Gasteiger partial charge on any atom is -0.503 e. The number of amides is 1. The fraction of sp³-hybridized carbons (Fsp3) is 0.241. The molecule has 1 atom stereocenters. The van der Waals surface area contributed by atoms with Crippen molar-refractivity contribution in [2.75, 3.05) is 18.1 Å². The summed E-state index contributed by atoms with van der Waals surface area (Å²) in [5, 5.41) is 11.1. The van der Waals surface area contributed by atoms with Crippen LogP contribution in [0.3, 0.4) is 0 Å². The van der Waals surface area contributed by atoms with Gasteiger partial charge in [0.05, 0.1) is 30.5 Å². The van der Waals surface area contributed by atoms with Crippen LogP contribution in [0.2, 0.25) is 0 Å². The highest BCUT2D eigenvalue weighted by Gasteiger charge is 2.45. The molecule has 0 saturated carbocycles. The highest BCUT2D eigenvalue weighted by Crippen LogP contribution is 2.43. The van der Waals surface area contributed by atoms with Crippen LogP contribution in [0.15, 0.2) is 72.0 Å². The Morgan fingerprint density at radius 2 is 1.89 bits per heavy atom. The molecule has 1 unspecified atom stereocenters. The number of aromatic nitrogens is 1. The van der Waals surface area contributed by atoms with E-state index in [2.05, 4.69) is 4.98 Å². The van der Waals surface area contributed by atoms with Gasteiger partial charge in [-0.3, -0.25) is 14.5 Å². The maximum absolute atomic E-state index is 13.5. The van der Waals surface area contributed by atoms with Gasteiger partial charge >= 0.3 is 5.97 Å². The van der Waals surface area contributed by atoms with Gasteiger partial charge in [0.1, 0.15) is 10.6 Å². The number of nitrogens with zero attached hydrogens (tertiary/aromatic N) is 2. The number of aryl methyl sites for hydroxylation is 1. The highest BCUT2D eigenvalue weighted by atomic mass is 32.1. The van der Waals surface area contributed by atoms with E-state index in [1.54, 1.807) is 44.2 Å². The number of esters is 1. The van der Waals surface area contributed by atoms with Crippen LogP contribution in [0.1, 0.15) is 52.8 Å². The Balaban J connectivity index is 1.79. The lowest BCUT2D eigenvalue weighted by atomic mass is 9.95. The molecule has 38 heavy (non-hydrogen) atoms. The summed E-state index contributed by atoms with van der Waals surface area (Å²) < 4.78 is 10.9. The Morgan fingerprint density at radius 1 is 1.13 bits per heavy atom. The van der Waals surface area contributed by atoms with Crippen LogP contribution in [0.25, 0.3) is 6.08 Å². The molecule has 1 aromatic heterocycles. The van der Waals surface area contributed by atoms with Crippen molar-refractivity contribution in [2.24, 2.45) is 0 Å². The second-order valence-electron chi connectivity index (χ2n) is 8.50. The number of ketones is 1. The SMILES string of the molecule is CCCOc1cccc(C2C(C(=O)/C=C/c3ccccc3)=C(O)C(=O)N2c2nc(C)c(C(=O)OCC)s2)c1. The predicted molar refractivity (Wildman–Crippen MR) is 145 cm³/mol. The Morgan fingerprint density at radius 3 is 2.61 bits per heavy atom. The molecule has 1 aliphatic rings. The Labute approximate surface area is 224 Å². The number of anilines is 1. The molecular weight excluding hydrogens is 504 g/mol. The first kappa shape index (κ1) is 26.8. The minimum atomic E-state index is -0.985. The van der Waals surface area contributed by atoms with Crippen molar-refractivity contribution < 1.29 is 29.0 Å². The third kappa shape index (κ3) is 5.52. The zero-order chi connectivity index (χ0) is 27.2. The van der Waals surface area contributed by atoms with Crippen molar-refractivity contribution in [3.63, 3.8) is 0 Å². The van der Waals surface area contributed by atoms with Gasteiger partial charge in [0, 0.05) is 0 Å². The van der Waals surface area contributed by atoms with E-state index < -0.39 is 29.5 Å². The van der Waals surface area contributed by atoms with Crippen LogP contribution in [-0.2, 0) is 14.3 Å². The van der Waals surface area contributed by atoms with Crippen LogP contribution >= 0.6 is 11.3 Å². The summed E-state index contributed by atoms with van der Waals surface area (Å²) in [6.45, 7) is 6.02. The molecule has 9 heteroatoms. The molecule has 196 valence electrons. The number of benzene rings is 2. The topological polar surface area (TPSA) is 106 Å². The molecule has 1 N–H and O–H groups in total. The third-order valence-electron chi connectivity index (χ3n) is 5.80. The molecule has 0 saturated heterocycles. The number of carbonyl (C=O) groups excluding carboxylic acids is 3. The molecule has 0 aliphatic carbocycles. The summed E-state index contributed by atoms with van der Waals surface area (Å²) in [6.07, 6.45) is 3.77. The first-order valence-electron chi connectivity index (χ1n) is 12.3. The number of aliphatic hydroxyl groups is 1.